The van der Waals surface area contributed by atoms with Crippen LogP contribution < -0.4 is 4.90 Å². The first-order valence-electron chi connectivity index (χ1n) is 8.33. The Labute approximate surface area is 153 Å². The van der Waals surface area contributed by atoms with Crippen LogP contribution in [0.5, 0.6) is 0 Å². The Morgan fingerprint density at radius 2 is 1.77 bits per heavy atom. The van der Waals surface area contributed by atoms with Crippen molar-refractivity contribution in [2.75, 3.05) is 26.0 Å². The molecule has 0 aliphatic rings. The summed E-state index contributed by atoms with van der Waals surface area (Å²) in [6.07, 6.45) is 0. The molecule has 0 amide bonds. The fourth-order valence-electron chi connectivity index (χ4n) is 2.65. The zero-order valence-corrected chi connectivity index (χ0v) is 15.2. The zero-order chi connectivity index (χ0) is 18.5. The average molecular weight is 347 g/mol. The Balaban J connectivity index is 1.65. The van der Waals surface area contributed by atoms with Gasteiger partial charge in [0.2, 0.25) is 11.8 Å². The van der Waals surface area contributed by atoms with Crippen LogP contribution in [-0.4, -0.2) is 36.2 Å². The molecular weight excluding hydrogens is 326 g/mol. The summed E-state index contributed by atoms with van der Waals surface area (Å²) >= 11 is 0. The van der Waals surface area contributed by atoms with Crippen LogP contribution in [0.25, 0.3) is 11.5 Å². The number of rotatable bonds is 6. The van der Waals surface area contributed by atoms with Crippen molar-refractivity contribution in [1.29, 1.82) is 5.26 Å². The van der Waals surface area contributed by atoms with E-state index in [1.807, 2.05) is 33.3 Å². The molecule has 0 radical (unpaired) electrons. The van der Waals surface area contributed by atoms with Gasteiger partial charge in [0.15, 0.2) is 0 Å². The minimum absolute atomic E-state index is 0.465. The van der Waals surface area contributed by atoms with Gasteiger partial charge >= 0.3 is 0 Å². The first kappa shape index (κ1) is 17.6. The van der Waals surface area contributed by atoms with Gasteiger partial charge in [0, 0.05) is 31.9 Å². The van der Waals surface area contributed by atoms with Crippen LogP contribution in [0.1, 0.15) is 17.0 Å². The molecule has 0 spiro atoms. The van der Waals surface area contributed by atoms with Crippen LogP contribution >= 0.6 is 0 Å². The van der Waals surface area contributed by atoms with E-state index in [0.717, 1.165) is 12.1 Å². The number of nitrogens with zero attached hydrogens (tertiary/aromatic N) is 5. The molecule has 6 heteroatoms. The maximum absolute atomic E-state index is 8.86. The van der Waals surface area contributed by atoms with Crippen molar-refractivity contribution in [1.82, 2.24) is 15.1 Å². The molecule has 0 atom stereocenters. The van der Waals surface area contributed by atoms with Crippen LogP contribution in [0.3, 0.4) is 0 Å². The molecular formula is C20H21N5O. The minimum Gasteiger partial charge on any atom is -0.419 e. The highest BCUT2D eigenvalue weighted by Gasteiger charge is 2.11. The van der Waals surface area contributed by atoms with Crippen molar-refractivity contribution in [3.8, 4) is 17.5 Å². The van der Waals surface area contributed by atoms with Crippen molar-refractivity contribution in [3.05, 3.63) is 65.5 Å². The van der Waals surface area contributed by atoms with Crippen molar-refractivity contribution in [2.45, 2.75) is 13.1 Å². The second-order valence-corrected chi connectivity index (χ2v) is 6.43. The number of anilines is 1. The smallest absolute Gasteiger partial charge is 0.247 e. The van der Waals surface area contributed by atoms with E-state index in [0.29, 0.717) is 23.9 Å². The molecule has 0 aliphatic heterocycles. The third-order valence-corrected chi connectivity index (χ3v) is 4.01. The molecule has 132 valence electrons. The normalized spacial score (nSPS) is 10.7. The van der Waals surface area contributed by atoms with Gasteiger partial charge in [-0.3, -0.25) is 4.90 Å². The Bertz CT molecular complexity index is 908. The standard InChI is InChI=1S/C20H21N5O/c1-24(2)18-6-4-5-16(11-18)13-25(3)14-19-22-23-20(26-19)17-9-7-15(12-21)8-10-17/h4-11H,13-14H2,1-3H3. The Kier molecular flexibility index (Phi) is 5.30. The van der Waals surface area contributed by atoms with Crippen molar-refractivity contribution >= 4 is 5.69 Å². The summed E-state index contributed by atoms with van der Waals surface area (Å²) < 4.78 is 5.76. The largest absolute Gasteiger partial charge is 0.419 e. The maximum Gasteiger partial charge on any atom is 0.247 e. The number of hydrogen-bond donors (Lipinski definition) is 0. The van der Waals surface area contributed by atoms with Gasteiger partial charge in [0.05, 0.1) is 18.2 Å². The van der Waals surface area contributed by atoms with Gasteiger partial charge in [-0.1, -0.05) is 12.1 Å². The molecule has 6 nitrogen and oxygen atoms in total. The van der Waals surface area contributed by atoms with Crippen LogP contribution in [0.2, 0.25) is 0 Å². The summed E-state index contributed by atoms with van der Waals surface area (Å²) in [5, 5.41) is 17.1. The second-order valence-electron chi connectivity index (χ2n) is 6.43. The van der Waals surface area contributed by atoms with Crippen molar-refractivity contribution in [2.24, 2.45) is 0 Å². The van der Waals surface area contributed by atoms with E-state index in [-0.39, 0.29) is 0 Å². The van der Waals surface area contributed by atoms with Crippen LogP contribution in [0, 0.1) is 11.3 Å². The van der Waals surface area contributed by atoms with E-state index in [4.69, 9.17) is 9.68 Å². The number of benzene rings is 2. The monoisotopic (exact) mass is 347 g/mol. The number of aromatic nitrogens is 2. The van der Waals surface area contributed by atoms with Gasteiger partial charge in [-0.15, -0.1) is 10.2 Å². The second kappa shape index (κ2) is 7.81. The Hall–Kier alpha value is -3.17. The lowest BCUT2D eigenvalue weighted by atomic mass is 10.1. The summed E-state index contributed by atoms with van der Waals surface area (Å²) in [6, 6.07) is 17.6. The van der Waals surface area contributed by atoms with Gasteiger partial charge in [-0.05, 0) is 49.0 Å². The molecule has 3 aromatic rings. The lowest BCUT2D eigenvalue weighted by molar-refractivity contribution is 0.283. The van der Waals surface area contributed by atoms with Crippen molar-refractivity contribution < 1.29 is 4.42 Å². The SMILES string of the molecule is CN(Cc1cccc(N(C)C)c1)Cc1nnc(-c2ccc(C#N)cc2)o1. The third-order valence-electron chi connectivity index (χ3n) is 4.01. The molecule has 26 heavy (non-hydrogen) atoms. The third kappa shape index (κ3) is 4.26. The fourth-order valence-corrected chi connectivity index (χ4v) is 2.65. The summed E-state index contributed by atoms with van der Waals surface area (Å²) in [5.41, 5.74) is 3.82. The summed E-state index contributed by atoms with van der Waals surface area (Å²) in [4.78, 5) is 4.22. The van der Waals surface area contributed by atoms with Crippen LogP contribution in [0.4, 0.5) is 5.69 Å². The molecule has 1 heterocycles. The van der Waals surface area contributed by atoms with Gasteiger partial charge in [0.1, 0.15) is 0 Å². The average Bonchev–Trinajstić information content (AvgIpc) is 3.10. The fraction of sp³-hybridized carbons (Fsp3) is 0.250. The molecule has 0 unspecified atom stereocenters. The van der Waals surface area contributed by atoms with E-state index in [9.17, 15) is 0 Å². The molecule has 0 saturated heterocycles. The predicted molar refractivity (Wildman–Crippen MR) is 100 cm³/mol. The molecule has 0 fully saturated rings. The van der Waals surface area contributed by atoms with Gasteiger partial charge in [-0.25, -0.2) is 0 Å². The molecule has 0 N–H and O–H groups in total. The van der Waals surface area contributed by atoms with E-state index in [1.165, 1.54) is 11.3 Å². The molecule has 3 rings (SSSR count). The van der Waals surface area contributed by atoms with Gasteiger partial charge in [0.25, 0.3) is 0 Å². The summed E-state index contributed by atoms with van der Waals surface area (Å²) in [6.45, 7) is 1.35. The highest BCUT2D eigenvalue weighted by Crippen LogP contribution is 2.19. The quantitative estimate of drug-likeness (QED) is 0.681. The van der Waals surface area contributed by atoms with E-state index >= 15 is 0 Å². The maximum atomic E-state index is 8.86. The van der Waals surface area contributed by atoms with Gasteiger partial charge in [-0.2, -0.15) is 5.26 Å². The zero-order valence-electron chi connectivity index (χ0n) is 15.2. The van der Waals surface area contributed by atoms with E-state index in [2.05, 4.69) is 50.3 Å². The first-order valence-corrected chi connectivity index (χ1v) is 8.33. The molecule has 0 aliphatic carbocycles. The summed E-state index contributed by atoms with van der Waals surface area (Å²) in [7, 11) is 6.09. The molecule has 1 aromatic heterocycles. The topological polar surface area (TPSA) is 69.2 Å². The minimum atomic E-state index is 0.465. The van der Waals surface area contributed by atoms with Crippen molar-refractivity contribution in [3.63, 3.8) is 0 Å². The predicted octanol–water partition coefficient (Wildman–Crippen LogP) is 3.31. The highest BCUT2D eigenvalue weighted by atomic mass is 16.4. The Morgan fingerprint density at radius 1 is 1.00 bits per heavy atom. The molecule has 2 aromatic carbocycles. The first-order chi connectivity index (χ1) is 12.5. The van der Waals surface area contributed by atoms with Crippen LogP contribution in [-0.2, 0) is 13.1 Å². The molecule has 0 saturated carbocycles. The highest BCUT2D eigenvalue weighted by molar-refractivity contribution is 5.54. The van der Waals surface area contributed by atoms with E-state index < -0.39 is 0 Å². The molecule has 0 bridgehead atoms. The summed E-state index contributed by atoms with van der Waals surface area (Å²) in [5.74, 6) is 1.03. The van der Waals surface area contributed by atoms with Crippen LogP contribution in [0.15, 0.2) is 52.9 Å². The lowest BCUT2D eigenvalue weighted by Gasteiger charge is -2.17. The lowest BCUT2D eigenvalue weighted by Crippen LogP contribution is -2.18. The Morgan fingerprint density at radius 3 is 2.46 bits per heavy atom. The van der Waals surface area contributed by atoms with Gasteiger partial charge < -0.3 is 9.32 Å². The number of nitriles is 1. The number of hydrogen-bond acceptors (Lipinski definition) is 6. The van der Waals surface area contributed by atoms with E-state index in [1.54, 1.807) is 12.1 Å².